The van der Waals surface area contributed by atoms with Crippen LogP contribution in [0.25, 0.3) is 0 Å². The van der Waals surface area contributed by atoms with Gasteiger partial charge in [-0.25, -0.2) is 0 Å². The van der Waals surface area contributed by atoms with Crippen LogP contribution in [0, 0.1) is 5.92 Å². The second kappa shape index (κ2) is 6.56. The summed E-state index contributed by atoms with van der Waals surface area (Å²) in [6.07, 6.45) is 7.76. The fourth-order valence-corrected chi connectivity index (χ4v) is 4.60. The van der Waals surface area contributed by atoms with Crippen LogP contribution >= 0.6 is 0 Å². The van der Waals surface area contributed by atoms with Gasteiger partial charge in [-0.05, 0) is 30.9 Å². The van der Waals surface area contributed by atoms with Gasteiger partial charge in [-0.3, -0.25) is 4.79 Å². The van der Waals surface area contributed by atoms with E-state index in [1.165, 1.54) is 6.20 Å². The number of benzene rings is 1. The zero-order chi connectivity index (χ0) is 17.3. The van der Waals surface area contributed by atoms with Gasteiger partial charge in [-0.1, -0.05) is 43.2 Å². The molecule has 1 aliphatic heterocycles. The Morgan fingerprint density at radius 1 is 1.12 bits per heavy atom. The summed E-state index contributed by atoms with van der Waals surface area (Å²) in [5, 5.41) is 19.1. The minimum Gasteiger partial charge on any atom is -0.385 e. The predicted octanol–water partition coefficient (Wildman–Crippen LogP) is 2.77. The summed E-state index contributed by atoms with van der Waals surface area (Å²) < 4.78 is 0. The third-order valence-corrected chi connectivity index (χ3v) is 5.84. The molecule has 130 valence electrons. The molecule has 25 heavy (non-hydrogen) atoms. The molecular weight excluding hydrogens is 314 g/mol. The third kappa shape index (κ3) is 2.82. The van der Waals surface area contributed by atoms with E-state index in [1.807, 2.05) is 35.2 Å². The zero-order valence-electron chi connectivity index (χ0n) is 14.2. The van der Waals surface area contributed by atoms with Gasteiger partial charge < -0.3 is 10.0 Å². The van der Waals surface area contributed by atoms with E-state index in [-0.39, 0.29) is 17.9 Å². The van der Waals surface area contributed by atoms with Crippen molar-refractivity contribution in [1.82, 2.24) is 15.1 Å². The van der Waals surface area contributed by atoms with Crippen molar-refractivity contribution >= 4 is 5.91 Å². The summed E-state index contributed by atoms with van der Waals surface area (Å²) in [4.78, 5) is 14.9. The Balaban J connectivity index is 1.66. The van der Waals surface area contributed by atoms with Crippen LogP contribution in [0.4, 0.5) is 0 Å². The molecule has 1 amide bonds. The summed E-state index contributed by atoms with van der Waals surface area (Å²) >= 11 is 0. The molecule has 2 heterocycles. The number of aliphatic hydroxyl groups is 1. The number of hydrogen-bond donors (Lipinski definition) is 1. The monoisotopic (exact) mass is 337 g/mol. The average molecular weight is 337 g/mol. The van der Waals surface area contributed by atoms with E-state index < -0.39 is 5.60 Å². The molecule has 1 aromatic carbocycles. The predicted molar refractivity (Wildman–Crippen MR) is 93.8 cm³/mol. The molecule has 5 nitrogen and oxygen atoms in total. The molecule has 5 heteroatoms. The highest BCUT2D eigenvalue weighted by Gasteiger charge is 2.50. The summed E-state index contributed by atoms with van der Waals surface area (Å²) in [5.74, 6) is 0.0815. The quantitative estimate of drug-likeness (QED) is 0.915. The fourth-order valence-electron chi connectivity index (χ4n) is 4.60. The molecule has 4 rings (SSSR count). The molecule has 0 spiro atoms. The first kappa shape index (κ1) is 16.2. The standard InChI is InChI=1S/C20H23N3O2/c24-19(15-10-12-21-22-14-15)23-13-11-20(25,16-6-2-1-3-7-16)17-8-4-5-9-18(17)23/h1-3,6-7,10,12,14,17-18,25H,4-5,8-9,11,13H2/t17-,18+,20?/m0/s1. The Hall–Kier alpha value is -2.27. The van der Waals surface area contributed by atoms with Gasteiger partial charge in [0.05, 0.1) is 23.6 Å². The van der Waals surface area contributed by atoms with E-state index in [0.29, 0.717) is 18.5 Å². The maximum Gasteiger partial charge on any atom is 0.255 e. The van der Waals surface area contributed by atoms with Crippen molar-refractivity contribution < 1.29 is 9.90 Å². The Morgan fingerprint density at radius 2 is 1.92 bits per heavy atom. The maximum atomic E-state index is 13.0. The van der Waals surface area contributed by atoms with Crippen LogP contribution in [0.15, 0.2) is 48.8 Å². The normalized spacial score (nSPS) is 29.1. The molecule has 1 aliphatic carbocycles. The van der Waals surface area contributed by atoms with Crippen molar-refractivity contribution in [2.45, 2.75) is 43.7 Å². The molecule has 2 aliphatic rings. The first-order chi connectivity index (χ1) is 12.2. The Bertz CT molecular complexity index is 737. The summed E-state index contributed by atoms with van der Waals surface area (Å²) in [7, 11) is 0. The number of carbonyl (C=O) groups is 1. The summed E-state index contributed by atoms with van der Waals surface area (Å²) in [5.41, 5.74) is 0.702. The zero-order valence-corrected chi connectivity index (χ0v) is 14.2. The van der Waals surface area contributed by atoms with Crippen molar-refractivity contribution in [3.05, 3.63) is 59.9 Å². The Kier molecular flexibility index (Phi) is 4.25. The number of amides is 1. The van der Waals surface area contributed by atoms with E-state index in [4.69, 9.17) is 0 Å². The van der Waals surface area contributed by atoms with Crippen LogP contribution < -0.4 is 0 Å². The molecule has 1 unspecified atom stereocenters. The van der Waals surface area contributed by atoms with E-state index >= 15 is 0 Å². The smallest absolute Gasteiger partial charge is 0.255 e. The number of fused-ring (bicyclic) bond motifs is 1. The number of piperidine rings is 1. The highest BCUT2D eigenvalue weighted by Crippen LogP contribution is 2.47. The number of rotatable bonds is 2. The molecule has 0 radical (unpaired) electrons. The lowest BCUT2D eigenvalue weighted by atomic mass is 9.66. The summed E-state index contributed by atoms with van der Waals surface area (Å²) in [6.45, 7) is 0.563. The van der Waals surface area contributed by atoms with E-state index in [2.05, 4.69) is 10.2 Å². The van der Waals surface area contributed by atoms with Crippen molar-refractivity contribution in [2.75, 3.05) is 6.54 Å². The van der Waals surface area contributed by atoms with Crippen molar-refractivity contribution in [3.8, 4) is 0 Å². The molecule has 3 atom stereocenters. The van der Waals surface area contributed by atoms with Gasteiger partial charge in [0.15, 0.2) is 0 Å². The molecule has 0 bridgehead atoms. The Labute approximate surface area is 147 Å². The van der Waals surface area contributed by atoms with Gasteiger partial charge in [-0.15, -0.1) is 0 Å². The van der Waals surface area contributed by atoms with Crippen LogP contribution in [-0.2, 0) is 5.60 Å². The van der Waals surface area contributed by atoms with Crippen LogP contribution in [0.2, 0.25) is 0 Å². The molecule has 1 N–H and O–H groups in total. The van der Waals surface area contributed by atoms with Crippen LogP contribution in [-0.4, -0.2) is 38.7 Å². The van der Waals surface area contributed by atoms with Gasteiger partial charge in [0.25, 0.3) is 5.91 Å². The SMILES string of the molecule is O=C(c1ccnnc1)N1CCC(O)(c2ccccc2)[C@H]2CCCC[C@H]21. The second-order valence-electron chi connectivity index (χ2n) is 7.13. The van der Waals surface area contributed by atoms with E-state index in [0.717, 1.165) is 31.2 Å². The third-order valence-electron chi connectivity index (χ3n) is 5.84. The molecule has 2 fully saturated rings. The van der Waals surface area contributed by atoms with E-state index in [9.17, 15) is 9.90 Å². The van der Waals surface area contributed by atoms with Crippen molar-refractivity contribution in [2.24, 2.45) is 5.92 Å². The largest absolute Gasteiger partial charge is 0.385 e. The van der Waals surface area contributed by atoms with Gasteiger partial charge in [0.2, 0.25) is 0 Å². The first-order valence-corrected chi connectivity index (χ1v) is 9.06. The number of likely N-dealkylation sites (tertiary alicyclic amines) is 1. The summed E-state index contributed by atoms with van der Waals surface area (Å²) in [6, 6.07) is 11.7. The minimum absolute atomic E-state index is 0.00177. The number of hydrogen-bond acceptors (Lipinski definition) is 4. The molecule has 1 saturated carbocycles. The number of nitrogens with zero attached hydrogens (tertiary/aromatic N) is 3. The highest BCUT2D eigenvalue weighted by molar-refractivity contribution is 5.94. The van der Waals surface area contributed by atoms with Crippen molar-refractivity contribution in [1.29, 1.82) is 0 Å². The number of carbonyl (C=O) groups excluding carboxylic acids is 1. The minimum atomic E-state index is -0.848. The number of aromatic nitrogens is 2. The Morgan fingerprint density at radius 3 is 2.68 bits per heavy atom. The molecule has 1 aromatic heterocycles. The van der Waals surface area contributed by atoms with Crippen LogP contribution in [0.1, 0.15) is 48.0 Å². The average Bonchev–Trinajstić information content (AvgIpc) is 2.69. The lowest BCUT2D eigenvalue weighted by Gasteiger charge is -2.52. The second-order valence-corrected chi connectivity index (χ2v) is 7.13. The van der Waals surface area contributed by atoms with Crippen LogP contribution in [0.3, 0.4) is 0 Å². The van der Waals surface area contributed by atoms with Crippen molar-refractivity contribution in [3.63, 3.8) is 0 Å². The highest BCUT2D eigenvalue weighted by atomic mass is 16.3. The molecular formula is C20H23N3O2. The van der Waals surface area contributed by atoms with Gasteiger partial charge in [0, 0.05) is 18.5 Å². The maximum absolute atomic E-state index is 13.0. The lowest BCUT2D eigenvalue weighted by molar-refractivity contribution is -0.110. The topological polar surface area (TPSA) is 66.3 Å². The van der Waals surface area contributed by atoms with E-state index in [1.54, 1.807) is 12.3 Å². The van der Waals surface area contributed by atoms with Gasteiger partial charge >= 0.3 is 0 Å². The molecule has 1 saturated heterocycles. The van der Waals surface area contributed by atoms with Gasteiger partial charge in [0.1, 0.15) is 0 Å². The fraction of sp³-hybridized carbons (Fsp3) is 0.450. The van der Waals surface area contributed by atoms with Gasteiger partial charge in [-0.2, -0.15) is 10.2 Å². The lowest BCUT2D eigenvalue weighted by Crippen LogP contribution is -2.59. The molecule has 2 aromatic rings. The first-order valence-electron chi connectivity index (χ1n) is 9.06. The van der Waals surface area contributed by atoms with Crippen LogP contribution in [0.5, 0.6) is 0 Å².